The van der Waals surface area contributed by atoms with Crippen LogP contribution >= 0.6 is 0 Å². The molecule has 1 aromatic carbocycles. The number of hydrogen-bond acceptors (Lipinski definition) is 2. The molecule has 0 saturated carbocycles. The van der Waals surface area contributed by atoms with Crippen molar-refractivity contribution in [1.29, 1.82) is 0 Å². The van der Waals surface area contributed by atoms with Gasteiger partial charge in [-0.2, -0.15) is 0 Å². The molecule has 14 heavy (non-hydrogen) atoms. The highest BCUT2D eigenvalue weighted by molar-refractivity contribution is 5.41. The highest BCUT2D eigenvalue weighted by atomic mass is 16.6. The SMILES string of the molecule is Cc1ccc(CON)c2c1CCCC2. The number of hydrogen-bond donors (Lipinski definition) is 1. The predicted octanol–water partition coefficient (Wildman–Crippen LogP) is 2.26. The van der Waals surface area contributed by atoms with Crippen molar-refractivity contribution in [2.75, 3.05) is 0 Å². The fourth-order valence-electron chi connectivity index (χ4n) is 2.35. The van der Waals surface area contributed by atoms with Crippen molar-refractivity contribution in [3.05, 3.63) is 34.4 Å². The van der Waals surface area contributed by atoms with Gasteiger partial charge in [-0.1, -0.05) is 12.1 Å². The number of benzene rings is 1. The molecule has 2 heteroatoms. The topological polar surface area (TPSA) is 35.2 Å². The zero-order valence-electron chi connectivity index (χ0n) is 8.68. The molecule has 0 fully saturated rings. The molecule has 2 nitrogen and oxygen atoms in total. The molecule has 0 unspecified atom stereocenters. The molecule has 1 aliphatic rings. The second-order valence-corrected chi connectivity index (χ2v) is 4.02. The summed E-state index contributed by atoms with van der Waals surface area (Å²) in [5.41, 5.74) is 5.71. The van der Waals surface area contributed by atoms with Gasteiger partial charge in [0.1, 0.15) is 0 Å². The Morgan fingerprint density at radius 2 is 1.93 bits per heavy atom. The molecule has 0 amide bonds. The Bertz CT molecular complexity index is 333. The number of nitrogens with two attached hydrogens (primary N) is 1. The summed E-state index contributed by atoms with van der Waals surface area (Å²) < 4.78 is 0. The summed E-state index contributed by atoms with van der Waals surface area (Å²) >= 11 is 0. The lowest BCUT2D eigenvalue weighted by Gasteiger charge is -2.21. The van der Waals surface area contributed by atoms with E-state index in [4.69, 9.17) is 10.7 Å². The van der Waals surface area contributed by atoms with E-state index in [2.05, 4.69) is 19.1 Å². The van der Waals surface area contributed by atoms with Gasteiger partial charge in [-0.3, -0.25) is 4.84 Å². The van der Waals surface area contributed by atoms with E-state index in [0.717, 1.165) is 0 Å². The van der Waals surface area contributed by atoms with Gasteiger partial charge in [0.2, 0.25) is 0 Å². The monoisotopic (exact) mass is 191 g/mol. The lowest BCUT2D eigenvalue weighted by molar-refractivity contribution is 0.123. The van der Waals surface area contributed by atoms with Crippen LogP contribution in [0.3, 0.4) is 0 Å². The van der Waals surface area contributed by atoms with E-state index in [-0.39, 0.29) is 0 Å². The highest BCUT2D eigenvalue weighted by Crippen LogP contribution is 2.27. The summed E-state index contributed by atoms with van der Waals surface area (Å²) in [6, 6.07) is 4.32. The first-order valence-corrected chi connectivity index (χ1v) is 5.25. The van der Waals surface area contributed by atoms with E-state index in [9.17, 15) is 0 Å². The summed E-state index contributed by atoms with van der Waals surface area (Å²) in [5, 5.41) is 0. The van der Waals surface area contributed by atoms with Crippen LogP contribution in [0.5, 0.6) is 0 Å². The van der Waals surface area contributed by atoms with Gasteiger partial charge in [0.15, 0.2) is 0 Å². The number of aryl methyl sites for hydroxylation is 1. The van der Waals surface area contributed by atoms with Crippen molar-refractivity contribution in [1.82, 2.24) is 0 Å². The fourth-order valence-corrected chi connectivity index (χ4v) is 2.35. The smallest absolute Gasteiger partial charge is 0.0932 e. The minimum atomic E-state index is 0.544. The summed E-state index contributed by atoms with van der Waals surface area (Å²) in [6.45, 7) is 2.74. The Morgan fingerprint density at radius 3 is 2.64 bits per heavy atom. The van der Waals surface area contributed by atoms with E-state index >= 15 is 0 Å². The highest BCUT2D eigenvalue weighted by Gasteiger charge is 2.14. The number of fused-ring (bicyclic) bond motifs is 1. The van der Waals surface area contributed by atoms with Crippen molar-refractivity contribution < 1.29 is 4.84 Å². The van der Waals surface area contributed by atoms with Crippen LogP contribution in [0, 0.1) is 6.92 Å². The average molecular weight is 191 g/mol. The minimum Gasteiger partial charge on any atom is -0.300 e. The molecule has 0 aromatic heterocycles. The van der Waals surface area contributed by atoms with Crippen LogP contribution in [-0.4, -0.2) is 0 Å². The molecular formula is C12H17NO. The van der Waals surface area contributed by atoms with Crippen LogP contribution in [0.25, 0.3) is 0 Å². The Kier molecular flexibility index (Phi) is 2.85. The Hall–Kier alpha value is -0.860. The second-order valence-electron chi connectivity index (χ2n) is 4.02. The van der Waals surface area contributed by atoms with Crippen molar-refractivity contribution in [3.8, 4) is 0 Å². The minimum absolute atomic E-state index is 0.544. The van der Waals surface area contributed by atoms with Crippen molar-refractivity contribution >= 4 is 0 Å². The molecule has 1 aliphatic carbocycles. The van der Waals surface area contributed by atoms with Gasteiger partial charge in [-0.05, 0) is 54.9 Å². The average Bonchev–Trinajstić information content (AvgIpc) is 2.23. The van der Waals surface area contributed by atoms with Crippen LogP contribution in [0.4, 0.5) is 0 Å². The maximum Gasteiger partial charge on any atom is 0.0932 e. The van der Waals surface area contributed by atoms with Gasteiger partial charge < -0.3 is 0 Å². The van der Waals surface area contributed by atoms with E-state index in [1.54, 1.807) is 0 Å². The molecule has 0 spiro atoms. The third-order valence-electron chi connectivity index (χ3n) is 3.10. The first-order chi connectivity index (χ1) is 6.83. The zero-order chi connectivity index (χ0) is 9.97. The Balaban J connectivity index is 2.42. The van der Waals surface area contributed by atoms with Crippen LogP contribution < -0.4 is 5.90 Å². The van der Waals surface area contributed by atoms with Crippen LogP contribution in [-0.2, 0) is 24.3 Å². The van der Waals surface area contributed by atoms with Crippen molar-refractivity contribution in [3.63, 3.8) is 0 Å². The van der Waals surface area contributed by atoms with E-state index in [1.807, 2.05) is 0 Å². The maximum absolute atomic E-state index is 5.13. The van der Waals surface area contributed by atoms with Gasteiger partial charge >= 0.3 is 0 Å². The quantitative estimate of drug-likeness (QED) is 0.728. The molecule has 2 N–H and O–H groups in total. The zero-order valence-corrected chi connectivity index (χ0v) is 8.68. The largest absolute Gasteiger partial charge is 0.300 e. The normalized spacial score (nSPS) is 15.3. The van der Waals surface area contributed by atoms with E-state index in [0.29, 0.717) is 6.61 Å². The van der Waals surface area contributed by atoms with Gasteiger partial charge in [0.25, 0.3) is 0 Å². The van der Waals surface area contributed by atoms with Crippen molar-refractivity contribution in [2.45, 2.75) is 39.2 Å². The molecule has 0 atom stereocenters. The first-order valence-electron chi connectivity index (χ1n) is 5.25. The molecule has 0 bridgehead atoms. The lowest BCUT2D eigenvalue weighted by Crippen LogP contribution is -2.10. The lowest BCUT2D eigenvalue weighted by atomic mass is 9.86. The summed E-state index contributed by atoms with van der Waals surface area (Å²) in [7, 11) is 0. The number of rotatable bonds is 2. The molecule has 0 heterocycles. The van der Waals surface area contributed by atoms with Crippen LogP contribution in [0.2, 0.25) is 0 Å². The molecule has 76 valence electrons. The Labute approximate surface area is 85.0 Å². The molecular weight excluding hydrogens is 174 g/mol. The van der Waals surface area contributed by atoms with Crippen LogP contribution in [0.15, 0.2) is 12.1 Å². The summed E-state index contributed by atoms with van der Waals surface area (Å²) in [5.74, 6) is 5.13. The van der Waals surface area contributed by atoms with E-state index in [1.165, 1.54) is 47.9 Å². The Morgan fingerprint density at radius 1 is 1.21 bits per heavy atom. The summed E-state index contributed by atoms with van der Waals surface area (Å²) in [6.07, 6.45) is 5.03. The third kappa shape index (κ3) is 1.68. The second kappa shape index (κ2) is 4.11. The van der Waals surface area contributed by atoms with Gasteiger partial charge in [0.05, 0.1) is 6.61 Å². The maximum atomic E-state index is 5.13. The molecule has 0 radical (unpaired) electrons. The summed E-state index contributed by atoms with van der Waals surface area (Å²) in [4.78, 5) is 4.73. The first kappa shape index (κ1) is 9.69. The standard InChI is InChI=1S/C12H17NO/c1-9-6-7-10(8-14-13)12-5-3-2-4-11(9)12/h6-7H,2-5,8,13H2,1H3. The van der Waals surface area contributed by atoms with Gasteiger partial charge in [-0.25, -0.2) is 5.90 Å². The fraction of sp³-hybridized carbons (Fsp3) is 0.500. The van der Waals surface area contributed by atoms with Gasteiger partial charge in [0, 0.05) is 0 Å². The van der Waals surface area contributed by atoms with Crippen LogP contribution in [0.1, 0.15) is 35.1 Å². The third-order valence-corrected chi connectivity index (χ3v) is 3.10. The molecule has 1 aromatic rings. The van der Waals surface area contributed by atoms with Gasteiger partial charge in [-0.15, -0.1) is 0 Å². The molecule has 0 saturated heterocycles. The van der Waals surface area contributed by atoms with Crippen molar-refractivity contribution in [2.24, 2.45) is 5.90 Å². The molecule has 2 rings (SSSR count). The van der Waals surface area contributed by atoms with E-state index < -0.39 is 0 Å². The predicted molar refractivity (Wildman–Crippen MR) is 56.8 cm³/mol. The molecule has 0 aliphatic heterocycles.